The predicted molar refractivity (Wildman–Crippen MR) is 109 cm³/mol. The lowest BCUT2D eigenvalue weighted by Crippen LogP contribution is -2.38. The van der Waals surface area contributed by atoms with Crippen LogP contribution in [0.1, 0.15) is 16.7 Å². The van der Waals surface area contributed by atoms with Crippen LogP contribution in [-0.4, -0.2) is 20.2 Å². The van der Waals surface area contributed by atoms with Gasteiger partial charge in [-0.25, -0.2) is 4.79 Å². The molecule has 0 spiro atoms. The van der Waals surface area contributed by atoms with Crippen molar-refractivity contribution in [3.63, 3.8) is 0 Å². The van der Waals surface area contributed by atoms with Crippen LogP contribution in [0.4, 0.5) is 0 Å². The highest BCUT2D eigenvalue weighted by molar-refractivity contribution is 5.92. The molecule has 1 heterocycles. The second-order valence-electron chi connectivity index (χ2n) is 6.89. The quantitative estimate of drug-likeness (QED) is 0.559. The summed E-state index contributed by atoms with van der Waals surface area (Å²) in [5.41, 5.74) is 1.85. The van der Waals surface area contributed by atoms with Crippen LogP contribution in [0.25, 0.3) is 11.0 Å². The van der Waals surface area contributed by atoms with Crippen LogP contribution >= 0.6 is 0 Å². The number of hydrogen-bond acceptors (Lipinski definition) is 2. The van der Waals surface area contributed by atoms with Gasteiger partial charge in [-0.15, -0.1) is 0 Å². The van der Waals surface area contributed by atoms with Crippen LogP contribution in [0.2, 0.25) is 0 Å². The van der Waals surface area contributed by atoms with E-state index >= 15 is 0 Å². The lowest BCUT2D eigenvalue weighted by Gasteiger charge is -2.31. The van der Waals surface area contributed by atoms with E-state index in [-0.39, 0.29) is 5.69 Å². The number of rotatable bonds is 4. The third-order valence-electron chi connectivity index (χ3n) is 5.44. The average molecular weight is 372 g/mol. The first-order valence-electron chi connectivity index (χ1n) is 8.98. The zero-order chi connectivity index (χ0) is 19.9. The molecule has 0 fully saturated rings. The second-order valence-corrected chi connectivity index (χ2v) is 6.89. The molecule has 3 aromatic carbocycles. The van der Waals surface area contributed by atoms with Gasteiger partial charge in [-0.05, 0) is 28.8 Å². The summed E-state index contributed by atoms with van der Waals surface area (Å²) < 4.78 is 3.11. The molecule has 4 aromatic rings. The van der Waals surface area contributed by atoms with Crippen molar-refractivity contribution >= 4 is 17.0 Å². The molecule has 4 rings (SSSR count). The van der Waals surface area contributed by atoms with E-state index in [1.165, 1.54) is 0 Å². The Morgan fingerprint density at radius 3 is 1.75 bits per heavy atom. The minimum atomic E-state index is -1.39. The highest BCUT2D eigenvalue weighted by Gasteiger charge is 2.44. The summed E-state index contributed by atoms with van der Waals surface area (Å²) in [6, 6.07) is 23.8. The molecule has 0 saturated heterocycles. The number of hydrogen-bond donors (Lipinski definition) is 1. The van der Waals surface area contributed by atoms with E-state index in [0.29, 0.717) is 22.2 Å². The van der Waals surface area contributed by atoms with Crippen LogP contribution in [0.15, 0.2) is 83.7 Å². The summed E-state index contributed by atoms with van der Waals surface area (Å²) in [6.45, 7) is 0. The maximum Gasteiger partial charge on any atom is 0.328 e. The van der Waals surface area contributed by atoms with Gasteiger partial charge < -0.3 is 5.11 Å². The standard InChI is InChI=1S/C23H20N2O3/c1-24-19-14-13-18(15-20(19)25(2)22(24)28)23(21(26)27,16-9-5-3-6-10-16)17-11-7-4-8-12-17/h3-15H,1-2H3,(H,26,27). The van der Waals surface area contributed by atoms with Gasteiger partial charge in [0.1, 0.15) is 5.41 Å². The molecule has 0 radical (unpaired) electrons. The van der Waals surface area contributed by atoms with E-state index in [0.717, 1.165) is 5.52 Å². The Morgan fingerprint density at radius 2 is 1.25 bits per heavy atom. The maximum atomic E-state index is 12.8. The highest BCUT2D eigenvalue weighted by Crippen LogP contribution is 2.40. The van der Waals surface area contributed by atoms with Crippen molar-refractivity contribution in [1.29, 1.82) is 0 Å². The third kappa shape index (κ3) is 2.40. The molecule has 0 aliphatic heterocycles. The molecule has 1 aromatic heterocycles. The summed E-state index contributed by atoms with van der Waals surface area (Å²) in [6.07, 6.45) is 0. The number of aromatic nitrogens is 2. The van der Waals surface area contributed by atoms with Crippen molar-refractivity contribution in [1.82, 2.24) is 9.13 Å². The summed E-state index contributed by atoms with van der Waals surface area (Å²) in [5.74, 6) is -0.967. The molecule has 5 nitrogen and oxygen atoms in total. The van der Waals surface area contributed by atoms with Crippen LogP contribution < -0.4 is 5.69 Å². The number of benzene rings is 3. The van der Waals surface area contributed by atoms with Gasteiger partial charge in [0.05, 0.1) is 11.0 Å². The molecule has 140 valence electrons. The van der Waals surface area contributed by atoms with Gasteiger partial charge in [0.15, 0.2) is 0 Å². The van der Waals surface area contributed by atoms with Crippen molar-refractivity contribution in [2.45, 2.75) is 5.41 Å². The van der Waals surface area contributed by atoms with Crippen LogP contribution in [0, 0.1) is 0 Å². The number of fused-ring (bicyclic) bond motifs is 1. The lowest BCUT2D eigenvalue weighted by molar-refractivity contribution is -0.140. The molecular weight excluding hydrogens is 352 g/mol. The Balaban J connectivity index is 2.12. The molecular formula is C23H20N2O3. The van der Waals surface area contributed by atoms with E-state index in [2.05, 4.69) is 0 Å². The number of carboxylic acids is 1. The second kappa shape index (κ2) is 6.53. The van der Waals surface area contributed by atoms with Crippen molar-refractivity contribution < 1.29 is 9.90 Å². The molecule has 0 amide bonds. The van der Waals surface area contributed by atoms with Crippen molar-refractivity contribution in [3.05, 3.63) is 106 Å². The highest BCUT2D eigenvalue weighted by atomic mass is 16.4. The van der Waals surface area contributed by atoms with E-state index in [9.17, 15) is 14.7 Å². The van der Waals surface area contributed by atoms with Gasteiger partial charge in [-0.3, -0.25) is 13.9 Å². The Labute approximate surface area is 162 Å². The van der Waals surface area contributed by atoms with Gasteiger partial charge in [-0.1, -0.05) is 66.7 Å². The maximum absolute atomic E-state index is 12.8. The average Bonchev–Trinajstić information content (AvgIpc) is 2.94. The Hall–Kier alpha value is -3.60. The molecule has 5 heteroatoms. The lowest BCUT2D eigenvalue weighted by atomic mass is 9.69. The minimum absolute atomic E-state index is 0.146. The monoisotopic (exact) mass is 372 g/mol. The molecule has 0 aliphatic carbocycles. The van der Waals surface area contributed by atoms with E-state index in [1.54, 1.807) is 29.3 Å². The summed E-state index contributed by atoms with van der Waals surface area (Å²) >= 11 is 0. The summed E-state index contributed by atoms with van der Waals surface area (Å²) in [7, 11) is 3.41. The molecule has 1 N–H and O–H groups in total. The SMILES string of the molecule is Cn1c(=O)n(C)c2cc(C(C(=O)O)(c3ccccc3)c3ccccc3)ccc21. The Kier molecular flexibility index (Phi) is 4.15. The Morgan fingerprint density at radius 1 is 0.750 bits per heavy atom. The number of aryl methyl sites for hydroxylation is 2. The minimum Gasteiger partial charge on any atom is -0.480 e. The molecule has 28 heavy (non-hydrogen) atoms. The molecule has 0 bridgehead atoms. The first-order valence-corrected chi connectivity index (χ1v) is 8.98. The fourth-order valence-corrected chi connectivity index (χ4v) is 3.99. The number of aliphatic carboxylic acids is 1. The van der Waals surface area contributed by atoms with Crippen LogP contribution in [0.3, 0.4) is 0 Å². The number of nitrogens with zero attached hydrogens (tertiary/aromatic N) is 2. The molecule has 0 unspecified atom stereocenters. The van der Waals surface area contributed by atoms with Crippen LogP contribution in [-0.2, 0) is 24.3 Å². The van der Waals surface area contributed by atoms with Gasteiger partial charge in [0.25, 0.3) is 0 Å². The van der Waals surface area contributed by atoms with E-state index in [1.807, 2.05) is 72.8 Å². The van der Waals surface area contributed by atoms with Crippen LogP contribution in [0.5, 0.6) is 0 Å². The normalized spacial score (nSPS) is 11.6. The fraction of sp³-hybridized carbons (Fsp3) is 0.130. The molecule has 0 atom stereocenters. The predicted octanol–water partition coefficient (Wildman–Crippen LogP) is 3.30. The number of carboxylic acid groups (broad SMARTS) is 1. The topological polar surface area (TPSA) is 64.2 Å². The van der Waals surface area contributed by atoms with Gasteiger partial charge in [0, 0.05) is 14.1 Å². The summed E-state index contributed by atoms with van der Waals surface area (Å²) in [5, 5.41) is 10.5. The largest absolute Gasteiger partial charge is 0.480 e. The zero-order valence-corrected chi connectivity index (χ0v) is 15.7. The molecule has 0 aliphatic rings. The summed E-state index contributed by atoms with van der Waals surface area (Å²) in [4.78, 5) is 25.2. The van der Waals surface area contributed by atoms with Gasteiger partial charge in [0.2, 0.25) is 0 Å². The molecule has 0 saturated carbocycles. The van der Waals surface area contributed by atoms with Gasteiger partial charge in [-0.2, -0.15) is 0 Å². The van der Waals surface area contributed by atoms with Crippen molar-refractivity contribution in [2.24, 2.45) is 14.1 Å². The first-order chi connectivity index (χ1) is 13.5. The number of imidazole rings is 1. The zero-order valence-electron chi connectivity index (χ0n) is 15.7. The third-order valence-corrected chi connectivity index (χ3v) is 5.44. The Bertz CT molecular complexity index is 1180. The van der Waals surface area contributed by atoms with Gasteiger partial charge >= 0.3 is 11.7 Å². The smallest absolute Gasteiger partial charge is 0.328 e. The van der Waals surface area contributed by atoms with Crippen molar-refractivity contribution in [3.8, 4) is 0 Å². The fourth-order valence-electron chi connectivity index (χ4n) is 3.99. The van der Waals surface area contributed by atoms with E-state index < -0.39 is 11.4 Å². The van der Waals surface area contributed by atoms with Crippen molar-refractivity contribution in [2.75, 3.05) is 0 Å². The first kappa shape index (κ1) is 17.8. The number of carbonyl (C=O) groups is 1. The van der Waals surface area contributed by atoms with E-state index in [4.69, 9.17) is 0 Å².